The van der Waals surface area contributed by atoms with Crippen LogP contribution in [0.2, 0.25) is 0 Å². The highest BCUT2D eigenvalue weighted by molar-refractivity contribution is 5.95. The van der Waals surface area contributed by atoms with Gasteiger partial charge in [0.1, 0.15) is 11.5 Å². The molecule has 1 saturated carbocycles. The molecule has 1 N–H and O–H groups in total. The molecule has 1 saturated heterocycles. The van der Waals surface area contributed by atoms with Crippen LogP contribution in [0, 0.1) is 5.92 Å². The van der Waals surface area contributed by atoms with E-state index >= 15 is 0 Å². The third kappa shape index (κ3) is 3.49. The zero-order valence-electron chi connectivity index (χ0n) is 16.0. The van der Waals surface area contributed by atoms with Gasteiger partial charge in [0.15, 0.2) is 0 Å². The van der Waals surface area contributed by atoms with Gasteiger partial charge in [0.05, 0.1) is 6.20 Å². The van der Waals surface area contributed by atoms with Gasteiger partial charge in [0.25, 0.3) is 0 Å². The number of aromatic nitrogens is 4. The zero-order valence-corrected chi connectivity index (χ0v) is 16.0. The van der Waals surface area contributed by atoms with Crippen LogP contribution in [0.4, 0.5) is 5.82 Å². The molecular formula is C21H24N6O. The summed E-state index contributed by atoms with van der Waals surface area (Å²) in [5.74, 6) is 0.782. The average molecular weight is 376 g/mol. The van der Waals surface area contributed by atoms with Crippen molar-refractivity contribution in [3.05, 3.63) is 36.7 Å². The normalized spacial score (nSPS) is 18.5. The summed E-state index contributed by atoms with van der Waals surface area (Å²) in [5.41, 5.74) is 1.82. The molecule has 28 heavy (non-hydrogen) atoms. The SMILES string of the molecule is Cn1cc(-c2ccc3cnc(NC(=O)C4CCN(C5CC5)CC4)cc3c2)nn1. The topological polar surface area (TPSA) is 75.9 Å². The Bertz CT molecular complexity index is 1020. The van der Waals surface area contributed by atoms with Crippen molar-refractivity contribution in [1.29, 1.82) is 0 Å². The molecule has 3 aromatic rings. The lowest BCUT2D eigenvalue weighted by Gasteiger charge is -2.31. The number of fused-ring (bicyclic) bond motifs is 1. The molecule has 0 atom stereocenters. The smallest absolute Gasteiger partial charge is 0.228 e. The number of piperidine rings is 1. The lowest BCUT2D eigenvalue weighted by molar-refractivity contribution is -0.121. The predicted octanol–water partition coefficient (Wildman–Crippen LogP) is 2.84. The number of pyridine rings is 1. The minimum Gasteiger partial charge on any atom is -0.310 e. The van der Waals surface area contributed by atoms with Crippen molar-refractivity contribution in [2.24, 2.45) is 13.0 Å². The molecule has 2 aromatic heterocycles. The van der Waals surface area contributed by atoms with Crippen molar-refractivity contribution in [2.45, 2.75) is 31.7 Å². The minimum absolute atomic E-state index is 0.0819. The number of benzene rings is 1. The number of hydrogen-bond acceptors (Lipinski definition) is 5. The van der Waals surface area contributed by atoms with Gasteiger partial charge in [-0.1, -0.05) is 17.3 Å². The van der Waals surface area contributed by atoms with E-state index in [1.807, 2.05) is 31.4 Å². The summed E-state index contributed by atoms with van der Waals surface area (Å²) in [6.07, 6.45) is 8.22. The highest BCUT2D eigenvalue weighted by Gasteiger charge is 2.33. The fourth-order valence-electron chi connectivity index (χ4n) is 4.04. The van der Waals surface area contributed by atoms with Crippen molar-refractivity contribution in [1.82, 2.24) is 24.9 Å². The molecule has 1 aliphatic carbocycles. The first-order valence-corrected chi connectivity index (χ1v) is 9.97. The largest absolute Gasteiger partial charge is 0.310 e. The Hall–Kier alpha value is -2.80. The third-order valence-corrected chi connectivity index (χ3v) is 5.84. The summed E-state index contributed by atoms with van der Waals surface area (Å²) >= 11 is 0. The van der Waals surface area contributed by atoms with Gasteiger partial charge in [-0.05, 0) is 56.3 Å². The van der Waals surface area contributed by atoms with Crippen LogP contribution < -0.4 is 5.32 Å². The number of nitrogens with one attached hydrogen (secondary N) is 1. The van der Waals surface area contributed by atoms with Crippen molar-refractivity contribution < 1.29 is 4.79 Å². The van der Waals surface area contributed by atoms with Gasteiger partial charge >= 0.3 is 0 Å². The second-order valence-electron chi connectivity index (χ2n) is 7.94. The molecule has 0 unspecified atom stereocenters. The summed E-state index contributed by atoms with van der Waals surface area (Å²) in [6, 6.07) is 8.82. The number of hydrogen-bond donors (Lipinski definition) is 1. The molecule has 2 aliphatic rings. The van der Waals surface area contributed by atoms with Gasteiger partial charge in [-0.15, -0.1) is 5.10 Å². The van der Waals surface area contributed by atoms with Gasteiger partial charge < -0.3 is 10.2 Å². The maximum Gasteiger partial charge on any atom is 0.228 e. The van der Waals surface area contributed by atoms with Crippen LogP contribution in [0.25, 0.3) is 22.0 Å². The van der Waals surface area contributed by atoms with E-state index in [-0.39, 0.29) is 11.8 Å². The predicted molar refractivity (Wildman–Crippen MR) is 108 cm³/mol. The van der Waals surface area contributed by atoms with Crippen LogP contribution >= 0.6 is 0 Å². The Kier molecular flexibility index (Phi) is 4.31. The molecule has 144 valence electrons. The molecule has 3 heterocycles. The van der Waals surface area contributed by atoms with E-state index < -0.39 is 0 Å². The van der Waals surface area contributed by atoms with Crippen molar-refractivity contribution in [2.75, 3.05) is 18.4 Å². The van der Waals surface area contributed by atoms with E-state index in [0.29, 0.717) is 5.82 Å². The molecule has 0 radical (unpaired) electrons. The maximum atomic E-state index is 12.7. The highest BCUT2D eigenvalue weighted by atomic mass is 16.1. The lowest BCUT2D eigenvalue weighted by atomic mass is 9.96. The van der Waals surface area contributed by atoms with E-state index in [1.54, 1.807) is 10.9 Å². The van der Waals surface area contributed by atoms with Gasteiger partial charge in [0, 0.05) is 36.2 Å². The number of nitrogens with zero attached hydrogens (tertiary/aromatic N) is 5. The van der Waals surface area contributed by atoms with E-state index in [4.69, 9.17) is 0 Å². The molecule has 1 aliphatic heterocycles. The van der Waals surface area contributed by atoms with E-state index in [9.17, 15) is 4.79 Å². The van der Waals surface area contributed by atoms with Crippen molar-refractivity contribution in [3.63, 3.8) is 0 Å². The number of likely N-dealkylation sites (tertiary alicyclic amines) is 1. The van der Waals surface area contributed by atoms with Crippen LogP contribution in [0.1, 0.15) is 25.7 Å². The summed E-state index contributed by atoms with van der Waals surface area (Å²) in [6.45, 7) is 2.07. The zero-order chi connectivity index (χ0) is 19.1. The Morgan fingerprint density at radius 2 is 1.93 bits per heavy atom. The van der Waals surface area contributed by atoms with E-state index in [1.165, 1.54) is 12.8 Å². The molecule has 5 rings (SSSR count). The second-order valence-corrected chi connectivity index (χ2v) is 7.94. The lowest BCUT2D eigenvalue weighted by Crippen LogP contribution is -2.39. The summed E-state index contributed by atoms with van der Waals surface area (Å²) in [4.78, 5) is 19.7. The molecule has 1 amide bonds. The average Bonchev–Trinajstić information content (AvgIpc) is 3.48. The molecule has 7 nitrogen and oxygen atoms in total. The molecule has 7 heteroatoms. The van der Waals surface area contributed by atoms with Gasteiger partial charge in [0.2, 0.25) is 5.91 Å². The Morgan fingerprint density at radius 3 is 2.64 bits per heavy atom. The van der Waals surface area contributed by atoms with Crippen LogP contribution in [-0.4, -0.2) is 49.9 Å². The van der Waals surface area contributed by atoms with Crippen LogP contribution in [-0.2, 0) is 11.8 Å². The van der Waals surface area contributed by atoms with Crippen molar-refractivity contribution in [3.8, 4) is 11.3 Å². The number of carbonyl (C=O) groups is 1. The summed E-state index contributed by atoms with van der Waals surface area (Å²) in [7, 11) is 1.85. The minimum atomic E-state index is 0.0819. The van der Waals surface area contributed by atoms with Crippen LogP contribution in [0.15, 0.2) is 36.7 Å². The number of rotatable bonds is 4. The third-order valence-electron chi connectivity index (χ3n) is 5.84. The summed E-state index contributed by atoms with van der Waals surface area (Å²) < 4.78 is 1.69. The Labute approximate surface area is 163 Å². The fraction of sp³-hybridized carbons (Fsp3) is 0.429. The number of carbonyl (C=O) groups excluding carboxylic acids is 1. The molecule has 1 aromatic carbocycles. The molecule has 0 spiro atoms. The van der Waals surface area contributed by atoms with Gasteiger partial charge in [-0.3, -0.25) is 9.48 Å². The van der Waals surface area contributed by atoms with Gasteiger partial charge in [-0.2, -0.15) is 0 Å². The quantitative estimate of drug-likeness (QED) is 0.758. The molecule has 0 bridgehead atoms. The monoisotopic (exact) mass is 376 g/mol. The van der Waals surface area contributed by atoms with Crippen LogP contribution in [0.5, 0.6) is 0 Å². The fourth-order valence-corrected chi connectivity index (χ4v) is 4.04. The first-order valence-electron chi connectivity index (χ1n) is 9.97. The maximum absolute atomic E-state index is 12.7. The summed E-state index contributed by atoms with van der Waals surface area (Å²) in [5, 5.41) is 13.2. The first-order chi connectivity index (χ1) is 13.7. The number of anilines is 1. The molecule has 2 fully saturated rings. The number of aryl methyl sites for hydroxylation is 1. The van der Waals surface area contributed by atoms with Gasteiger partial charge in [-0.25, -0.2) is 4.98 Å². The Morgan fingerprint density at radius 1 is 1.11 bits per heavy atom. The standard InChI is InChI=1S/C21H24N6O/c1-26-13-19(24-25-26)15-2-3-16-12-22-20(11-17(16)10-15)23-21(28)14-6-8-27(9-7-14)18-4-5-18/h2-3,10-14,18H,4-9H2,1H3,(H,22,23,28). The highest BCUT2D eigenvalue weighted by Crippen LogP contribution is 2.31. The number of amides is 1. The first kappa shape index (κ1) is 17.3. The second kappa shape index (κ2) is 6.98. The van der Waals surface area contributed by atoms with E-state index in [2.05, 4.69) is 31.6 Å². The molecular weight excluding hydrogens is 352 g/mol. The van der Waals surface area contributed by atoms with Crippen LogP contribution in [0.3, 0.4) is 0 Å². The van der Waals surface area contributed by atoms with E-state index in [0.717, 1.165) is 54.0 Å². The Balaban J connectivity index is 1.30. The van der Waals surface area contributed by atoms with Crippen molar-refractivity contribution >= 4 is 22.5 Å².